The van der Waals surface area contributed by atoms with E-state index in [-0.39, 0.29) is 6.54 Å². The van der Waals surface area contributed by atoms with E-state index in [1.54, 1.807) is 20.8 Å². The van der Waals surface area contributed by atoms with E-state index in [1.807, 2.05) is 0 Å². The van der Waals surface area contributed by atoms with Crippen molar-refractivity contribution in [1.82, 2.24) is 10.4 Å². The number of hydrogen-bond acceptors (Lipinski definition) is 5. The molecule has 2 aliphatic heterocycles. The molecule has 2 saturated heterocycles. The molecule has 3 atom stereocenters. The van der Waals surface area contributed by atoms with Gasteiger partial charge in [0.25, 0.3) is 5.91 Å². The van der Waals surface area contributed by atoms with E-state index in [0.29, 0.717) is 0 Å². The van der Waals surface area contributed by atoms with Crippen molar-refractivity contribution in [3.63, 3.8) is 0 Å². The molecule has 0 bridgehead atoms. The highest BCUT2D eigenvalue weighted by Gasteiger charge is 2.56. The zero-order valence-corrected chi connectivity index (χ0v) is 10.9. The van der Waals surface area contributed by atoms with Crippen LogP contribution >= 0.6 is 0 Å². The van der Waals surface area contributed by atoms with Crippen molar-refractivity contribution in [2.75, 3.05) is 6.54 Å². The Labute approximate surface area is 109 Å². The van der Waals surface area contributed by atoms with Crippen LogP contribution in [0.4, 0.5) is 4.79 Å². The summed E-state index contributed by atoms with van der Waals surface area (Å²) in [6.45, 7) is 5.05. The number of amides is 2. The predicted octanol–water partition coefficient (Wildman–Crippen LogP) is -0.263. The molecule has 2 rings (SSSR count). The van der Waals surface area contributed by atoms with Crippen LogP contribution in [0.2, 0.25) is 0 Å². The molecular weight excluding hydrogens is 256 g/mol. The molecule has 106 valence electrons. The molecular formula is C11H16N2O6. The summed E-state index contributed by atoms with van der Waals surface area (Å²) in [6.07, 6.45) is -1.41. The van der Waals surface area contributed by atoms with Gasteiger partial charge in [-0.05, 0) is 20.8 Å². The van der Waals surface area contributed by atoms with Gasteiger partial charge >= 0.3 is 12.1 Å². The van der Waals surface area contributed by atoms with Crippen molar-refractivity contribution >= 4 is 18.0 Å². The lowest BCUT2D eigenvalue weighted by Crippen LogP contribution is -2.47. The molecule has 2 heterocycles. The number of nitrogens with zero attached hydrogens (tertiary/aromatic N) is 1. The largest absolute Gasteiger partial charge is 0.480 e. The average Bonchev–Trinajstić information content (AvgIpc) is 2.76. The molecule has 0 saturated carbocycles. The number of carbonyl (C=O) groups is 3. The van der Waals surface area contributed by atoms with Crippen molar-refractivity contribution in [2.24, 2.45) is 5.92 Å². The fourth-order valence-electron chi connectivity index (χ4n) is 2.24. The molecule has 2 aliphatic rings. The number of carbonyl (C=O) groups excluding carboxylic acids is 2. The predicted molar refractivity (Wildman–Crippen MR) is 60.9 cm³/mol. The fourth-order valence-corrected chi connectivity index (χ4v) is 2.24. The number of carboxylic acids is 1. The highest BCUT2D eigenvalue weighted by molar-refractivity contribution is 5.91. The second kappa shape index (κ2) is 4.37. The number of hydroxylamine groups is 1. The quantitative estimate of drug-likeness (QED) is 0.681. The first-order chi connectivity index (χ1) is 8.70. The van der Waals surface area contributed by atoms with Crippen LogP contribution in [0.25, 0.3) is 0 Å². The smallest absolute Gasteiger partial charge is 0.411 e. The number of hydrogen-bond donors (Lipinski definition) is 2. The Morgan fingerprint density at radius 2 is 2.11 bits per heavy atom. The normalized spacial score (nSPS) is 29.9. The zero-order chi connectivity index (χ0) is 14.4. The summed E-state index contributed by atoms with van der Waals surface area (Å²) < 4.78 is 5.14. The number of aliphatic carboxylic acids is 1. The van der Waals surface area contributed by atoms with Gasteiger partial charge in [-0.2, -0.15) is 0 Å². The Balaban J connectivity index is 2.19. The topological polar surface area (TPSA) is 105 Å². The lowest BCUT2D eigenvalue weighted by atomic mass is 9.99. The summed E-state index contributed by atoms with van der Waals surface area (Å²) in [5, 5.41) is 9.21. The minimum absolute atomic E-state index is 0.00921. The highest BCUT2D eigenvalue weighted by atomic mass is 16.7. The number of carboxylic acid groups (broad SMARTS) is 1. The van der Waals surface area contributed by atoms with Crippen molar-refractivity contribution in [3.8, 4) is 0 Å². The van der Waals surface area contributed by atoms with Crippen LogP contribution in [0.1, 0.15) is 20.8 Å². The number of likely N-dealkylation sites (tertiary alicyclic amines) is 1. The molecule has 0 aromatic rings. The van der Waals surface area contributed by atoms with Crippen LogP contribution in [0, 0.1) is 5.92 Å². The molecule has 0 aromatic carbocycles. The molecule has 8 heteroatoms. The van der Waals surface area contributed by atoms with Gasteiger partial charge in [-0.3, -0.25) is 14.5 Å². The van der Waals surface area contributed by atoms with Gasteiger partial charge in [0.2, 0.25) is 0 Å². The lowest BCUT2D eigenvalue weighted by Gasteiger charge is -2.27. The first-order valence-electron chi connectivity index (χ1n) is 5.88. The zero-order valence-electron chi connectivity index (χ0n) is 10.9. The molecule has 2 fully saturated rings. The van der Waals surface area contributed by atoms with E-state index in [1.165, 1.54) is 0 Å². The van der Waals surface area contributed by atoms with Crippen LogP contribution in [-0.2, 0) is 19.2 Å². The van der Waals surface area contributed by atoms with Gasteiger partial charge in [0.1, 0.15) is 23.7 Å². The third-order valence-electron chi connectivity index (χ3n) is 2.95. The fraction of sp³-hybridized carbons (Fsp3) is 0.727. The maximum absolute atomic E-state index is 12.0. The van der Waals surface area contributed by atoms with Crippen LogP contribution < -0.4 is 5.48 Å². The minimum atomic E-state index is -1.26. The Morgan fingerprint density at radius 3 is 2.63 bits per heavy atom. The Bertz CT molecular complexity index is 429. The molecule has 0 aromatic heterocycles. The first-order valence-corrected chi connectivity index (χ1v) is 5.88. The second-order valence-electron chi connectivity index (χ2n) is 5.56. The summed E-state index contributed by atoms with van der Waals surface area (Å²) in [4.78, 5) is 40.8. The molecule has 2 N–H and O–H groups in total. The second-order valence-corrected chi connectivity index (χ2v) is 5.56. The SMILES string of the molecule is CC(C)(C)OC(=O)N1C[C@@H]2ONC(=O)[C@@H]2[C@H]1C(=O)O. The molecule has 0 spiro atoms. The summed E-state index contributed by atoms with van der Waals surface area (Å²) in [6, 6.07) is -1.26. The van der Waals surface area contributed by atoms with Gasteiger partial charge in [0.15, 0.2) is 0 Å². The van der Waals surface area contributed by atoms with E-state index < -0.39 is 41.6 Å². The molecule has 2 amide bonds. The molecule has 0 unspecified atom stereocenters. The maximum atomic E-state index is 12.0. The van der Waals surface area contributed by atoms with Crippen LogP contribution in [0.3, 0.4) is 0 Å². The third-order valence-corrected chi connectivity index (χ3v) is 2.95. The number of rotatable bonds is 1. The van der Waals surface area contributed by atoms with Crippen molar-refractivity contribution < 1.29 is 29.1 Å². The summed E-state index contributed by atoms with van der Waals surface area (Å²) in [5.41, 5.74) is 1.40. The van der Waals surface area contributed by atoms with E-state index in [4.69, 9.17) is 9.57 Å². The summed E-state index contributed by atoms with van der Waals surface area (Å²) in [7, 11) is 0. The van der Waals surface area contributed by atoms with E-state index >= 15 is 0 Å². The molecule has 0 radical (unpaired) electrons. The maximum Gasteiger partial charge on any atom is 0.411 e. The van der Waals surface area contributed by atoms with Crippen LogP contribution in [0.15, 0.2) is 0 Å². The highest BCUT2D eigenvalue weighted by Crippen LogP contribution is 2.31. The number of ether oxygens (including phenoxy) is 1. The summed E-state index contributed by atoms with van der Waals surface area (Å²) in [5.74, 6) is -2.67. The van der Waals surface area contributed by atoms with Gasteiger partial charge < -0.3 is 9.84 Å². The van der Waals surface area contributed by atoms with Gasteiger partial charge in [-0.25, -0.2) is 15.1 Å². The third kappa shape index (κ3) is 2.48. The lowest BCUT2D eigenvalue weighted by molar-refractivity contribution is -0.146. The average molecular weight is 272 g/mol. The Hall–Kier alpha value is -1.83. The Kier molecular flexibility index (Phi) is 3.13. The molecule has 19 heavy (non-hydrogen) atoms. The van der Waals surface area contributed by atoms with Crippen molar-refractivity contribution in [3.05, 3.63) is 0 Å². The number of nitrogens with one attached hydrogen (secondary N) is 1. The van der Waals surface area contributed by atoms with E-state index in [2.05, 4.69) is 5.48 Å². The van der Waals surface area contributed by atoms with Crippen LogP contribution in [0.5, 0.6) is 0 Å². The van der Waals surface area contributed by atoms with Crippen molar-refractivity contribution in [2.45, 2.75) is 38.5 Å². The Morgan fingerprint density at radius 1 is 1.47 bits per heavy atom. The summed E-state index contributed by atoms with van der Waals surface area (Å²) >= 11 is 0. The monoisotopic (exact) mass is 272 g/mol. The number of fused-ring (bicyclic) bond motifs is 1. The van der Waals surface area contributed by atoms with Crippen LogP contribution in [-0.4, -0.2) is 52.3 Å². The van der Waals surface area contributed by atoms with Gasteiger partial charge in [0.05, 0.1) is 6.54 Å². The minimum Gasteiger partial charge on any atom is -0.480 e. The molecule has 0 aliphatic carbocycles. The first kappa shape index (κ1) is 13.6. The standard InChI is InChI=1S/C11H16N2O6/c1-11(2,3)18-10(17)13-4-5-6(7(13)9(15)16)8(14)12-19-5/h5-7H,4H2,1-3H3,(H,12,14)(H,15,16)/t5-,6-,7-/m0/s1. The van der Waals surface area contributed by atoms with Gasteiger partial charge in [0, 0.05) is 0 Å². The van der Waals surface area contributed by atoms with Gasteiger partial charge in [-0.1, -0.05) is 0 Å². The molecule has 8 nitrogen and oxygen atoms in total. The van der Waals surface area contributed by atoms with Crippen molar-refractivity contribution in [1.29, 1.82) is 0 Å². The van der Waals surface area contributed by atoms with E-state index in [9.17, 15) is 19.5 Å². The van der Waals surface area contributed by atoms with Gasteiger partial charge in [-0.15, -0.1) is 0 Å². The van der Waals surface area contributed by atoms with E-state index in [0.717, 1.165) is 4.90 Å².